The van der Waals surface area contributed by atoms with Crippen molar-refractivity contribution in [2.45, 2.75) is 32.4 Å². The third kappa shape index (κ3) is 5.51. The highest BCUT2D eigenvalue weighted by molar-refractivity contribution is 8.00. The summed E-state index contributed by atoms with van der Waals surface area (Å²) in [6, 6.07) is 4.14. The molecule has 1 unspecified atom stereocenters. The van der Waals surface area contributed by atoms with Crippen LogP contribution in [0.4, 0.5) is 15.8 Å². The minimum atomic E-state index is -0.470. The normalized spacial score (nSPS) is 12.5. The Bertz CT molecular complexity index is 437. The average Bonchev–Trinajstić information content (AvgIpc) is 2.33. The molecular weight excluding hydrogens is 263 g/mol. The van der Waals surface area contributed by atoms with E-state index in [-0.39, 0.29) is 16.8 Å². The second-order valence-corrected chi connectivity index (χ2v) is 6.37. The van der Waals surface area contributed by atoms with Gasteiger partial charge in [0.25, 0.3) is 0 Å². The van der Waals surface area contributed by atoms with Crippen molar-refractivity contribution in [2.24, 2.45) is 5.92 Å². The molecule has 1 atom stereocenters. The number of amides is 1. The van der Waals surface area contributed by atoms with Crippen LogP contribution in [0.2, 0.25) is 0 Å². The molecule has 3 nitrogen and oxygen atoms in total. The number of nitrogens with one attached hydrogen (secondary N) is 1. The molecule has 1 amide bonds. The van der Waals surface area contributed by atoms with Crippen LogP contribution in [0.5, 0.6) is 0 Å². The van der Waals surface area contributed by atoms with Crippen LogP contribution in [0.1, 0.15) is 27.2 Å². The van der Waals surface area contributed by atoms with E-state index in [2.05, 4.69) is 19.2 Å². The summed E-state index contributed by atoms with van der Waals surface area (Å²) in [6.07, 6.45) is 1.06. The van der Waals surface area contributed by atoms with E-state index in [1.165, 1.54) is 18.2 Å². The van der Waals surface area contributed by atoms with Crippen molar-refractivity contribution in [3.05, 3.63) is 24.0 Å². The zero-order valence-corrected chi connectivity index (χ0v) is 12.4. The number of carbonyl (C=O) groups excluding carboxylic acids is 1. The standard InChI is InChI=1S/C14H21FN2OS/c1-9(2)6-7-19-10(3)14(18)17-13-8-11(16)4-5-12(13)15/h4-5,8-10H,6-7,16H2,1-3H3,(H,17,18). The molecule has 0 aliphatic carbocycles. The Morgan fingerprint density at radius 3 is 2.74 bits per heavy atom. The second-order valence-electron chi connectivity index (χ2n) is 4.92. The molecule has 5 heteroatoms. The molecule has 0 aromatic heterocycles. The van der Waals surface area contributed by atoms with Crippen LogP contribution >= 0.6 is 11.8 Å². The molecule has 0 bridgehead atoms. The van der Waals surface area contributed by atoms with Crippen LogP contribution in [0.25, 0.3) is 0 Å². The molecule has 0 aliphatic rings. The molecule has 3 N–H and O–H groups in total. The van der Waals surface area contributed by atoms with Crippen LogP contribution in [0.15, 0.2) is 18.2 Å². The van der Waals surface area contributed by atoms with Gasteiger partial charge in [0, 0.05) is 5.69 Å². The predicted octanol–water partition coefficient (Wildman–Crippen LogP) is 3.51. The van der Waals surface area contributed by atoms with Crippen molar-refractivity contribution in [1.29, 1.82) is 0 Å². The van der Waals surface area contributed by atoms with Crippen molar-refractivity contribution < 1.29 is 9.18 Å². The van der Waals surface area contributed by atoms with Crippen LogP contribution in [0, 0.1) is 11.7 Å². The van der Waals surface area contributed by atoms with Crippen molar-refractivity contribution in [2.75, 3.05) is 16.8 Å². The summed E-state index contributed by atoms with van der Waals surface area (Å²) in [6.45, 7) is 6.12. The van der Waals surface area contributed by atoms with Crippen LogP contribution in [-0.4, -0.2) is 16.9 Å². The number of nitrogens with two attached hydrogens (primary N) is 1. The van der Waals surface area contributed by atoms with E-state index in [4.69, 9.17) is 5.73 Å². The Balaban J connectivity index is 2.51. The molecule has 0 aliphatic heterocycles. The number of rotatable bonds is 6. The molecule has 1 rings (SSSR count). The van der Waals surface area contributed by atoms with Crippen LogP contribution in [0.3, 0.4) is 0 Å². The summed E-state index contributed by atoms with van der Waals surface area (Å²) in [4.78, 5) is 11.9. The van der Waals surface area contributed by atoms with Crippen molar-refractivity contribution in [1.82, 2.24) is 0 Å². The first kappa shape index (κ1) is 15.8. The van der Waals surface area contributed by atoms with Gasteiger partial charge >= 0.3 is 0 Å². The number of thioether (sulfide) groups is 1. The van der Waals surface area contributed by atoms with Gasteiger partial charge in [-0.15, -0.1) is 11.8 Å². The molecule has 1 aromatic carbocycles. The molecule has 0 heterocycles. The maximum absolute atomic E-state index is 13.5. The maximum Gasteiger partial charge on any atom is 0.237 e. The smallest absolute Gasteiger partial charge is 0.237 e. The summed E-state index contributed by atoms with van der Waals surface area (Å²) >= 11 is 1.58. The number of hydrogen-bond donors (Lipinski definition) is 2. The van der Waals surface area contributed by atoms with Gasteiger partial charge in [-0.2, -0.15) is 0 Å². The number of benzene rings is 1. The molecule has 1 aromatic rings. The zero-order valence-electron chi connectivity index (χ0n) is 11.6. The van der Waals surface area contributed by atoms with E-state index in [9.17, 15) is 9.18 Å². The molecule has 0 fully saturated rings. The van der Waals surface area contributed by atoms with E-state index in [0.717, 1.165) is 12.2 Å². The van der Waals surface area contributed by atoms with E-state index in [0.29, 0.717) is 11.6 Å². The van der Waals surface area contributed by atoms with Gasteiger partial charge in [-0.05, 0) is 43.2 Å². The lowest BCUT2D eigenvalue weighted by atomic mass is 10.2. The van der Waals surface area contributed by atoms with Crippen LogP contribution < -0.4 is 11.1 Å². The SMILES string of the molecule is CC(C)CCSC(C)C(=O)Nc1cc(N)ccc1F. The summed E-state index contributed by atoms with van der Waals surface area (Å²) in [7, 11) is 0. The highest BCUT2D eigenvalue weighted by Crippen LogP contribution is 2.20. The quantitative estimate of drug-likeness (QED) is 0.786. The first-order valence-electron chi connectivity index (χ1n) is 6.37. The second kappa shape index (κ2) is 7.38. The van der Waals surface area contributed by atoms with Gasteiger partial charge in [0.1, 0.15) is 5.82 Å². The Hall–Kier alpha value is -1.23. The third-order valence-electron chi connectivity index (χ3n) is 2.68. The van der Waals surface area contributed by atoms with Crippen LogP contribution in [-0.2, 0) is 4.79 Å². The zero-order chi connectivity index (χ0) is 14.4. The predicted molar refractivity (Wildman–Crippen MR) is 80.8 cm³/mol. The fraction of sp³-hybridized carbons (Fsp3) is 0.500. The molecule has 106 valence electrons. The van der Waals surface area contributed by atoms with E-state index in [1.54, 1.807) is 11.8 Å². The summed E-state index contributed by atoms with van der Waals surface area (Å²) in [5.74, 6) is 0.875. The van der Waals surface area contributed by atoms with E-state index in [1.807, 2.05) is 6.92 Å². The Morgan fingerprint density at radius 2 is 2.11 bits per heavy atom. The monoisotopic (exact) mass is 284 g/mol. The fourth-order valence-electron chi connectivity index (χ4n) is 1.43. The first-order chi connectivity index (χ1) is 8.90. The van der Waals surface area contributed by atoms with Gasteiger partial charge in [0.2, 0.25) is 5.91 Å². The van der Waals surface area contributed by atoms with Gasteiger partial charge in [-0.25, -0.2) is 4.39 Å². The lowest BCUT2D eigenvalue weighted by Gasteiger charge is -2.13. The molecule has 0 spiro atoms. The number of hydrogen-bond acceptors (Lipinski definition) is 3. The van der Waals surface area contributed by atoms with Crippen molar-refractivity contribution in [3.63, 3.8) is 0 Å². The lowest BCUT2D eigenvalue weighted by Crippen LogP contribution is -2.23. The van der Waals surface area contributed by atoms with Gasteiger partial charge < -0.3 is 11.1 Å². The molecule has 19 heavy (non-hydrogen) atoms. The number of anilines is 2. The molecule has 0 saturated carbocycles. The average molecular weight is 284 g/mol. The minimum Gasteiger partial charge on any atom is -0.399 e. The Kier molecular flexibility index (Phi) is 6.15. The van der Waals surface area contributed by atoms with E-state index < -0.39 is 5.82 Å². The lowest BCUT2D eigenvalue weighted by molar-refractivity contribution is -0.115. The Labute approximate surface area is 118 Å². The van der Waals surface area contributed by atoms with Gasteiger partial charge in [-0.3, -0.25) is 4.79 Å². The van der Waals surface area contributed by atoms with Crippen molar-refractivity contribution >= 4 is 29.0 Å². The summed E-state index contributed by atoms with van der Waals surface area (Å²) in [5, 5.41) is 2.37. The summed E-state index contributed by atoms with van der Waals surface area (Å²) < 4.78 is 13.5. The van der Waals surface area contributed by atoms with E-state index >= 15 is 0 Å². The largest absolute Gasteiger partial charge is 0.399 e. The third-order valence-corrected chi connectivity index (χ3v) is 3.87. The highest BCUT2D eigenvalue weighted by atomic mass is 32.2. The Morgan fingerprint density at radius 1 is 1.42 bits per heavy atom. The highest BCUT2D eigenvalue weighted by Gasteiger charge is 2.15. The first-order valence-corrected chi connectivity index (χ1v) is 7.42. The van der Waals surface area contributed by atoms with Gasteiger partial charge in [0.05, 0.1) is 10.9 Å². The number of halogens is 1. The number of nitrogen functional groups attached to an aromatic ring is 1. The van der Waals surface area contributed by atoms with Gasteiger partial charge in [-0.1, -0.05) is 13.8 Å². The summed E-state index contributed by atoms with van der Waals surface area (Å²) in [5.41, 5.74) is 6.14. The number of carbonyl (C=O) groups is 1. The molecule has 0 saturated heterocycles. The fourth-order valence-corrected chi connectivity index (χ4v) is 2.60. The molecular formula is C14H21FN2OS. The minimum absolute atomic E-state index is 0.140. The van der Waals surface area contributed by atoms with Crippen molar-refractivity contribution in [3.8, 4) is 0 Å². The van der Waals surface area contributed by atoms with Gasteiger partial charge in [0.15, 0.2) is 0 Å². The molecule has 0 radical (unpaired) electrons. The topological polar surface area (TPSA) is 55.1 Å². The maximum atomic E-state index is 13.5.